The lowest BCUT2D eigenvalue weighted by Gasteiger charge is -2.18. The predicted molar refractivity (Wildman–Crippen MR) is 256 cm³/mol. The van der Waals surface area contributed by atoms with Crippen molar-refractivity contribution in [2.45, 2.75) is 213 Å². The van der Waals surface area contributed by atoms with E-state index >= 15 is 0 Å². The SMILES string of the molecule is CC/C=C\C/C=C\C/C=C\C/C=C\CCCCCCC(=O)OCC(COC(=O)CCCCCCC/C=C\CCCCC)OC(=O)CCCCC/C=C\C/C=C\C/C=C\CC. The van der Waals surface area contributed by atoms with E-state index in [4.69, 9.17) is 14.2 Å². The highest BCUT2D eigenvalue weighted by molar-refractivity contribution is 5.71. The minimum atomic E-state index is -0.806. The summed E-state index contributed by atoms with van der Waals surface area (Å²) in [6.45, 7) is 6.31. The van der Waals surface area contributed by atoms with E-state index in [1.54, 1.807) is 0 Å². The quantitative estimate of drug-likeness (QED) is 0.0264. The summed E-state index contributed by atoms with van der Waals surface area (Å²) in [6.07, 6.45) is 62.4. The third-order valence-corrected chi connectivity index (χ3v) is 9.80. The zero-order chi connectivity index (χ0) is 43.7. The molecule has 0 fully saturated rings. The van der Waals surface area contributed by atoms with Crippen LogP contribution >= 0.6 is 0 Å². The van der Waals surface area contributed by atoms with Crippen molar-refractivity contribution in [1.29, 1.82) is 0 Å². The van der Waals surface area contributed by atoms with Crippen LogP contribution in [0.5, 0.6) is 0 Å². The first-order valence-electron chi connectivity index (χ1n) is 24.2. The number of carbonyl (C=O) groups excluding carboxylic acids is 3. The van der Waals surface area contributed by atoms with Crippen LogP contribution < -0.4 is 0 Å². The van der Waals surface area contributed by atoms with Gasteiger partial charge in [0.2, 0.25) is 0 Å². The molecule has 0 amide bonds. The maximum absolute atomic E-state index is 12.7. The van der Waals surface area contributed by atoms with Gasteiger partial charge in [-0.1, -0.05) is 169 Å². The lowest BCUT2D eigenvalue weighted by atomic mass is 10.1. The summed E-state index contributed by atoms with van der Waals surface area (Å²) in [5.41, 5.74) is 0. The lowest BCUT2D eigenvalue weighted by molar-refractivity contribution is -0.167. The molecule has 6 nitrogen and oxygen atoms in total. The lowest BCUT2D eigenvalue weighted by Crippen LogP contribution is -2.30. The second-order valence-corrected chi connectivity index (χ2v) is 15.6. The van der Waals surface area contributed by atoms with Crippen LogP contribution in [0.4, 0.5) is 0 Å². The average Bonchev–Trinajstić information content (AvgIpc) is 3.24. The molecule has 0 N–H and O–H groups in total. The number of esters is 3. The molecular weight excluding hydrogens is 745 g/mol. The van der Waals surface area contributed by atoms with E-state index in [1.807, 2.05) is 0 Å². The maximum Gasteiger partial charge on any atom is 0.306 e. The van der Waals surface area contributed by atoms with Crippen LogP contribution in [0.25, 0.3) is 0 Å². The molecule has 0 heterocycles. The zero-order valence-corrected chi connectivity index (χ0v) is 38.7. The molecule has 0 aromatic carbocycles. The van der Waals surface area contributed by atoms with Crippen LogP contribution in [-0.4, -0.2) is 37.2 Å². The maximum atomic E-state index is 12.7. The molecule has 0 aromatic heterocycles. The Balaban J connectivity index is 4.49. The number of carbonyl (C=O) groups is 3. The Hall–Kier alpha value is -3.67. The van der Waals surface area contributed by atoms with Crippen molar-refractivity contribution in [2.75, 3.05) is 13.2 Å². The van der Waals surface area contributed by atoms with Gasteiger partial charge in [0.15, 0.2) is 6.10 Å². The summed E-state index contributed by atoms with van der Waals surface area (Å²) < 4.78 is 16.7. The molecule has 0 aromatic rings. The van der Waals surface area contributed by atoms with Gasteiger partial charge in [0, 0.05) is 19.3 Å². The number of rotatable bonds is 42. The Kier molecular flexibility index (Phi) is 45.1. The summed E-state index contributed by atoms with van der Waals surface area (Å²) >= 11 is 0. The smallest absolute Gasteiger partial charge is 0.306 e. The summed E-state index contributed by atoms with van der Waals surface area (Å²) in [5.74, 6) is -0.973. The van der Waals surface area contributed by atoms with E-state index in [0.717, 1.165) is 135 Å². The van der Waals surface area contributed by atoms with E-state index in [0.29, 0.717) is 12.8 Å². The van der Waals surface area contributed by atoms with Crippen LogP contribution in [0.2, 0.25) is 0 Å². The Labute approximate surface area is 368 Å². The second-order valence-electron chi connectivity index (χ2n) is 15.6. The van der Waals surface area contributed by atoms with Gasteiger partial charge in [-0.2, -0.15) is 0 Å². The van der Waals surface area contributed by atoms with Crippen LogP contribution in [0, 0.1) is 0 Å². The molecule has 0 rings (SSSR count). The van der Waals surface area contributed by atoms with E-state index in [-0.39, 0.29) is 37.5 Å². The molecule has 0 saturated carbocycles. The van der Waals surface area contributed by atoms with E-state index in [9.17, 15) is 14.4 Å². The summed E-state index contributed by atoms with van der Waals surface area (Å²) in [4.78, 5) is 37.9. The van der Waals surface area contributed by atoms with Gasteiger partial charge in [-0.05, 0) is 116 Å². The van der Waals surface area contributed by atoms with Gasteiger partial charge in [-0.15, -0.1) is 0 Å². The first kappa shape index (κ1) is 56.3. The molecule has 6 heteroatoms. The molecule has 0 bridgehead atoms. The second kappa shape index (κ2) is 48.0. The molecule has 0 aliphatic heterocycles. The fraction of sp³-hybridized carbons (Fsp3) is 0.648. The van der Waals surface area contributed by atoms with Gasteiger partial charge in [0.1, 0.15) is 13.2 Å². The van der Waals surface area contributed by atoms with Crippen LogP contribution in [0.15, 0.2) is 97.2 Å². The van der Waals surface area contributed by atoms with Crippen molar-refractivity contribution in [1.82, 2.24) is 0 Å². The van der Waals surface area contributed by atoms with E-state index in [2.05, 4.69) is 118 Å². The fourth-order valence-corrected chi connectivity index (χ4v) is 6.20. The minimum Gasteiger partial charge on any atom is -0.462 e. The van der Waals surface area contributed by atoms with Crippen LogP contribution in [0.3, 0.4) is 0 Å². The highest BCUT2D eigenvalue weighted by Gasteiger charge is 2.19. The van der Waals surface area contributed by atoms with E-state index < -0.39 is 6.10 Å². The first-order valence-corrected chi connectivity index (χ1v) is 24.2. The molecular formula is C54H88O6. The van der Waals surface area contributed by atoms with Gasteiger partial charge >= 0.3 is 17.9 Å². The molecule has 1 atom stereocenters. The highest BCUT2D eigenvalue weighted by Crippen LogP contribution is 2.12. The summed E-state index contributed by atoms with van der Waals surface area (Å²) in [6, 6.07) is 0. The van der Waals surface area contributed by atoms with Crippen molar-refractivity contribution < 1.29 is 28.6 Å². The molecule has 0 aliphatic carbocycles. The number of hydrogen-bond acceptors (Lipinski definition) is 6. The standard InChI is InChI=1S/C54H88O6/c1-4-7-10-13-16-19-22-25-26-27-28-30-32-35-38-41-44-47-53(56)59-50-51(49-58-52(55)46-43-40-37-34-31-24-21-18-15-12-9-6-3)60-54(57)48-45-42-39-36-33-29-23-20-17-14-11-8-5-2/h7-8,10-11,16-21,25-26,28-30,33,51H,4-6,9,12-15,22-24,27,31-32,34-50H2,1-3H3/b10-7-,11-8-,19-16-,20-17-,21-18-,26-25-,30-28-,33-29-. The largest absolute Gasteiger partial charge is 0.462 e. The van der Waals surface area contributed by atoms with Crippen molar-refractivity contribution in [2.24, 2.45) is 0 Å². The molecule has 0 aliphatic rings. The Morgan fingerprint density at radius 1 is 0.350 bits per heavy atom. The number of unbranched alkanes of at least 4 members (excludes halogenated alkanes) is 15. The Bertz CT molecular complexity index is 1230. The normalized spacial score (nSPS) is 12.9. The number of hydrogen-bond donors (Lipinski definition) is 0. The molecule has 60 heavy (non-hydrogen) atoms. The minimum absolute atomic E-state index is 0.103. The van der Waals surface area contributed by atoms with Crippen LogP contribution in [-0.2, 0) is 28.6 Å². The highest BCUT2D eigenvalue weighted by atomic mass is 16.6. The molecule has 0 radical (unpaired) electrons. The zero-order valence-electron chi connectivity index (χ0n) is 38.7. The molecule has 340 valence electrons. The number of allylic oxidation sites excluding steroid dienone is 16. The van der Waals surface area contributed by atoms with Gasteiger partial charge < -0.3 is 14.2 Å². The van der Waals surface area contributed by atoms with Gasteiger partial charge in [0.05, 0.1) is 0 Å². The van der Waals surface area contributed by atoms with Crippen LogP contribution in [0.1, 0.15) is 207 Å². The first-order chi connectivity index (χ1) is 29.5. The van der Waals surface area contributed by atoms with Crippen molar-refractivity contribution in [3.8, 4) is 0 Å². The Morgan fingerprint density at radius 3 is 1.05 bits per heavy atom. The predicted octanol–water partition coefficient (Wildman–Crippen LogP) is 15.8. The average molecular weight is 833 g/mol. The third-order valence-electron chi connectivity index (χ3n) is 9.80. The number of ether oxygens (including phenoxy) is 3. The fourth-order valence-electron chi connectivity index (χ4n) is 6.20. The Morgan fingerprint density at radius 2 is 0.650 bits per heavy atom. The van der Waals surface area contributed by atoms with Gasteiger partial charge in [-0.25, -0.2) is 0 Å². The molecule has 0 saturated heterocycles. The van der Waals surface area contributed by atoms with E-state index in [1.165, 1.54) is 32.1 Å². The summed E-state index contributed by atoms with van der Waals surface area (Å²) in [7, 11) is 0. The van der Waals surface area contributed by atoms with Crippen molar-refractivity contribution in [3.05, 3.63) is 97.2 Å². The monoisotopic (exact) mass is 833 g/mol. The van der Waals surface area contributed by atoms with Crippen molar-refractivity contribution in [3.63, 3.8) is 0 Å². The van der Waals surface area contributed by atoms with Crippen molar-refractivity contribution >= 4 is 17.9 Å². The van der Waals surface area contributed by atoms with Gasteiger partial charge in [0.25, 0.3) is 0 Å². The third kappa shape index (κ3) is 45.4. The molecule has 1 unspecified atom stereocenters. The summed E-state index contributed by atoms with van der Waals surface area (Å²) in [5, 5.41) is 0. The molecule has 0 spiro atoms. The topological polar surface area (TPSA) is 78.9 Å². The van der Waals surface area contributed by atoms with Gasteiger partial charge in [-0.3, -0.25) is 14.4 Å².